The first-order valence-corrected chi connectivity index (χ1v) is 9.22. The van der Waals surface area contributed by atoms with Crippen LogP contribution in [0, 0.1) is 0 Å². The van der Waals surface area contributed by atoms with E-state index in [2.05, 4.69) is 31.9 Å². The Labute approximate surface area is 170 Å². The average Bonchev–Trinajstić information content (AvgIpc) is 2.67. The van der Waals surface area contributed by atoms with Crippen LogP contribution in [-0.4, -0.2) is 35.9 Å². The van der Waals surface area contributed by atoms with E-state index in [0.29, 0.717) is 23.7 Å². The van der Waals surface area contributed by atoms with Crippen molar-refractivity contribution in [1.29, 1.82) is 0 Å². The summed E-state index contributed by atoms with van der Waals surface area (Å²) in [6.45, 7) is 0.462. The number of halogens is 1. The summed E-state index contributed by atoms with van der Waals surface area (Å²) < 4.78 is 12.4. The zero-order chi connectivity index (χ0) is 19.2. The van der Waals surface area contributed by atoms with E-state index in [4.69, 9.17) is 21.7 Å². The molecule has 140 valence electrons. The maximum absolute atomic E-state index is 11.9. The highest BCUT2D eigenvalue weighted by Crippen LogP contribution is 2.31. The summed E-state index contributed by atoms with van der Waals surface area (Å²) in [4.78, 5) is 11.9. The highest BCUT2D eigenvalue weighted by Gasteiger charge is 2.22. The van der Waals surface area contributed by atoms with Crippen LogP contribution in [0.3, 0.4) is 0 Å². The van der Waals surface area contributed by atoms with Crippen LogP contribution in [-0.2, 0) is 11.4 Å². The Hall–Kier alpha value is -2.49. The van der Waals surface area contributed by atoms with E-state index in [1.54, 1.807) is 13.2 Å². The van der Waals surface area contributed by atoms with Crippen LogP contribution in [0.25, 0.3) is 0 Å². The van der Waals surface area contributed by atoms with Gasteiger partial charge in [-0.25, -0.2) is 5.43 Å². The number of amides is 1. The molecule has 0 aromatic heterocycles. The van der Waals surface area contributed by atoms with Crippen molar-refractivity contribution in [2.75, 3.05) is 13.7 Å². The SMILES string of the molecule is COc1cccc(/C=N/N2C(=O)CNNC2=S)c1OCc1ccc(Br)cc1. The lowest BCUT2D eigenvalue weighted by atomic mass is 10.2. The molecule has 1 fully saturated rings. The van der Waals surface area contributed by atoms with Crippen molar-refractivity contribution in [1.82, 2.24) is 15.9 Å². The molecule has 0 aliphatic carbocycles. The lowest BCUT2D eigenvalue weighted by Crippen LogP contribution is -2.56. The average molecular weight is 449 g/mol. The van der Waals surface area contributed by atoms with Crippen LogP contribution >= 0.6 is 28.1 Å². The Kier molecular flexibility index (Phi) is 6.38. The van der Waals surface area contributed by atoms with Crippen LogP contribution in [0.2, 0.25) is 0 Å². The van der Waals surface area contributed by atoms with Crippen LogP contribution in [0.5, 0.6) is 11.5 Å². The number of carbonyl (C=O) groups excluding carboxylic acids is 1. The van der Waals surface area contributed by atoms with Crippen LogP contribution in [0.15, 0.2) is 52.0 Å². The molecule has 0 radical (unpaired) electrons. The van der Waals surface area contributed by atoms with Gasteiger partial charge in [0.25, 0.3) is 5.91 Å². The Morgan fingerprint density at radius 1 is 1.30 bits per heavy atom. The molecule has 0 saturated carbocycles. The molecular weight excluding hydrogens is 432 g/mol. The van der Waals surface area contributed by atoms with E-state index in [0.717, 1.165) is 15.0 Å². The number of hydrogen-bond donors (Lipinski definition) is 2. The van der Waals surface area contributed by atoms with E-state index in [1.807, 2.05) is 36.4 Å². The summed E-state index contributed by atoms with van der Waals surface area (Å²) in [5.74, 6) is 0.853. The third-order valence-electron chi connectivity index (χ3n) is 3.70. The quantitative estimate of drug-likeness (QED) is 0.522. The van der Waals surface area contributed by atoms with E-state index < -0.39 is 0 Å². The Bertz CT molecular complexity index is 857. The molecule has 0 unspecified atom stereocenters. The molecule has 1 amide bonds. The smallest absolute Gasteiger partial charge is 0.265 e. The number of hydrogen-bond acceptors (Lipinski definition) is 6. The number of carbonyl (C=O) groups is 1. The van der Waals surface area contributed by atoms with Crippen molar-refractivity contribution < 1.29 is 14.3 Å². The minimum atomic E-state index is -0.254. The van der Waals surface area contributed by atoms with Gasteiger partial charge in [0.2, 0.25) is 5.11 Å². The molecule has 0 spiro atoms. The molecule has 1 saturated heterocycles. The maximum Gasteiger partial charge on any atom is 0.265 e. The molecule has 2 aromatic carbocycles. The second-order valence-corrected chi connectivity index (χ2v) is 6.83. The predicted octanol–water partition coefficient (Wildman–Crippen LogP) is 2.59. The van der Waals surface area contributed by atoms with Gasteiger partial charge >= 0.3 is 0 Å². The number of benzene rings is 2. The molecule has 1 aliphatic rings. The van der Waals surface area contributed by atoms with Gasteiger partial charge in [-0.1, -0.05) is 34.1 Å². The summed E-state index contributed by atoms with van der Waals surface area (Å²) in [5, 5.41) is 5.50. The van der Waals surface area contributed by atoms with E-state index in [1.165, 1.54) is 6.21 Å². The lowest BCUT2D eigenvalue weighted by Gasteiger charge is -2.24. The second-order valence-electron chi connectivity index (χ2n) is 5.53. The topological polar surface area (TPSA) is 75.2 Å². The minimum Gasteiger partial charge on any atom is -0.493 e. The third-order valence-corrected chi connectivity index (χ3v) is 4.51. The van der Waals surface area contributed by atoms with E-state index in [9.17, 15) is 4.79 Å². The van der Waals surface area contributed by atoms with Gasteiger partial charge in [-0.05, 0) is 42.0 Å². The standard InChI is InChI=1S/C18H17BrN4O3S/c1-25-15-4-2-3-13(9-21-23-16(24)10-20-22-18(23)27)17(15)26-11-12-5-7-14(19)8-6-12/h2-9,20H,10-11H2,1H3,(H,22,27)/b21-9+. The molecule has 3 rings (SSSR count). The monoisotopic (exact) mass is 448 g/mol. The fourth-order valence-corrected chi connectivity index (χ4v) is 2.84. The van der Waals surface area contributed by atoms with E-state index >= 15 is 0 Å². The van der Waals surface area contributed by atoms with Crippen molar-refractivity contribution in [3.8, 4) is 11.5 Å². The molecule has 0 bridgehead atoms. The van der Waals surface area contributed by atoms with Gasteiger partial charge in [-0.15, -0.1) is 0 Å². The fraction of sp³-hybridized carbons (Fsp3) is 0.167. The normalized spacial score (nSPS) is 14.4. The Morgan fingerprint density at radius 2 is 2.07 bits per heavy atom. The summed E-state index contributed by atoms with van der Waals surface area (Å²) in [6.07, 6.45) is 1.52. The van der Waals surface area contributed by atoms with Crippen molar-refractivity contribution in [3.05, 3.63) is 58.1 Å². The zero-order valence-corrected chi connectivity index (χ0v) is 16.8. The number of thiocarbonyl (C=S) groups is 1. The molecule has 2 N–H and O–H groups in total. The molecule has 1 heterocycles. The molecule has 9 heteroatoms. The molecule has 27 heavy (non-hydrogen) atoms. The number of nitrogens with zero attached hydrogens (tertiary/aromatic N) is 2. The summed E-state index contributed by atoms with van der Waals surface area (Å²) >= 11 is 8.50. The van der Waals surface area contributed by atoms with Gasteiger partial charge in [0.1, 0.15) is 6.61 Å². The van der Waals surface area contributed by atoms with Gasteiger partial charge in [-0.3, -0.25) is 10.2 Å². The second kappa shape index (κ2) is 8.94. The van der Waals surface area contributed by atoms with Gasteiger partial charge in [-0.2, -0.15) is 10.1 Å². The predicted molar refractivity (Wildman–Crippen MR) is 110 cm³/mol. The first kappa shape index (κ1) is 19.3. The molecule has 1 aliphatic heterocycles. The van der Waals surface area contributed by atoms with Gasteiger partial charge in [0.15, 0.2) is 11.5 Å². The van der Waals surface area contributed by atoms with Crippen LogP contribution < -0.4 is 20.3 Å². The summed E-state index contributed by atoms with van der Waals surface area (Å²) in [6, 6.07) is 13.3. The number of rotatable bonds is 6. The summed E-state index contributed by atoms with van der Waals surface area (Å²) in [7, 11) is 1.57. The Morgan fingerprint density at radius 3 is 2.78 bits per heavy atom. The number of methoxy groups -OCH3 is 1. The maximum atomic E-state index is 11.9. The highest BCUT2D eigenvalue weighted by atomic mass is 79.9. The lowest BCUT2D eigenvalue weighted by molar-refractivity contribution is -0.127. The largest absolute Gasteiger partial charge is 0.493 e. The van der Waals surface area contributed by atoms with Crippen LogP contribution in [0.1, 0.15) is 11.1 Å². The van der Waals surface area contributed by atoms with Crippen molar-refractivity contribution in [3.63, 3.8) is 0 Å². The first-order valence-electron chi connectivity index (χ1n) is 8.02. The minimum absolute atomic E-state index is 0.0997. The van der Waals surface area contributed by atoms with Gasteiger partial charge in [0.05, 0.1) is 19.9 Å². The summed E-state index contributed by atoms with van der Waals surface area (Å²) in [5.41, 5.74) is 7.06. The number of hydrazone groups is 1. The number of ether oxygens (including phenoxy) is 2. The van der Waals surface area contributed by atoms with Gasteiger partial charge in [0, 0.05) is 10.0 Å². The highest BCUT2D eigenvalue weighted by molar-refractivity contribution is 9.10. The number of nitrogens with one attached hydrogen (secondary N) is 2. The Balaban J connectivity index is 1.82. The fourth-order valence-electron chi connectivity index (χ4n) is 2.36. The third kappa shape index (κ3) is 4.82. The zero-order valence-electron chi connectivity index (χ0n) is 14.4. The van der Waals surface area contributed by atoms with Crippen molar-refractivity contribution in [2.24, 2.45) is 5.10 Å². The van der Waals surface area contributed by atoms with Crippen molar-refractivity contribution in [2.45, 2.75) is 6.61 Å². The van der Waals surface area contributed by atoms with Gasteiger partial charge < -0.3 is 9.47 Å². The molecular formula is C18H17BrN4O3S. The molecule has 7 nitrogen and oxygen atoms in total. The molecule has 2 aromatic rings. The van der Waals surface area contributed by atoms with Crippen LogP contribution in [0.4, 0.5) is 0 Å². The number of hydrazine groups is 1. The van der Waals surface area contributed by atoms with Crippen molar-refractivity contribution >= 4 is 45.4 Å². The molecule has 0 atom stereocenters. The van der Waals surface area contributed by atoms with E-state index in [-0.39, 0.29) is 17.6 Å². The number of para-hydroxylation sites is 1. The first-order chi connectivity index (χ1) is 13.1.